The van der Waals surface area contributed by atoms with Crippen molar-refractivity contribution in [3.05, 3.63) is 106 Å². The van der Waals surface area contributed by atoms with Crippen LogP contribution in [0.25, 0.3) is 22.0 Å². The molecule has 0 bridgehead atoms. The Morgan fingerprint density at radius 3 is 2.43 bits per heavy atom. The van der Waals surface area contributed by atoms with E-state index in [1.165, 1.54) is 35.7 Å². The van der Waals surface area contributed by atoms with Gasteiger partial charge in [-0.25, -0.2) is 17.4 Å². The zero-order valence-corrected chi connectivity index (χ0v) is 27.5. The molecule has 9 nitrogen and oxygen atoms in total. The number of piperidine rings is 1. The first-order valence-corrected chi connectivity index (χ1v) is 17.1. The van der Waals surface area contributed by atoms with Gasteiger partial charge in [0.05, 0.1) is 10.5 Å². The number of fused-ring (bicyclic) bond motifs is 1. The monoisotopic (exact) mass is 640 g/mol. The van der Waals surface area contributed by atoms with E-state index in [0.29, 0.717) is 33.7 Å². The van der Waals surface area contributed by atoms with Crippen molar-refractivity contribution in [2.24, 2.45) is 13.0 Å². The fraction of sp³-hybridized carbons (Fsp3) is 0.333. The number of aryl methyl sites for hydroxylation is 3. The minimum atomic E-state index is -4.06. The molecule has 5 aromatic rings. The minimum absolute atomic E-state index is 0.0245. The van der Waals surface area contributed by atoms with E-state index < -0.39 is 21.2 Å². The number of hydrogen-bond acceptors (Lipinski definition) is 7. The second-order valence-corrected chi connectivity index (χ2v) is 14.6. The maximum atomic E-state index is 13.7. The third-order valence-corrected chi connectivity index (χ3v) is 10.5. The fourth-order valence-corrected chi connectivity index (χ4v) is 7.40. The Bertz CT molecular complexity index is 2030. The van der Waals surface area contributed by atoms with Crippen molar-refractivity contribution in [1.29, 1.82) is 0 Å². The summed E-state index contributed by atoms with van der Waals surface area (Å²) in [6.45, 7) is 7.43. The first kappa shape index (κ1) is 31.7. The lowest BCUT2D eigenvalue weighted by Gasteiger charge is -2.22. The first-order chi connectivity index (χ1) is 21.9. The van der Waals surface area contributed by atoms with Crippen LogP contribution >= 0.6 is 0 Å². The maximum Gasteiger partial charge on any atom is 0.275 e. The molecule has 0 saturated carbocycles. The number of pyridine rings is 2. The Morgan fingerprint density at radius 1 is 1.02 bits per heavy atom. The van der Waals surface area contributed by atoms with Crippen molar-refractivity contribution < 1.29 is 18.3 Å². The van der Waals surface area contributed by atoms with Crippen LogP contribution in [-0.2, 0) is 29.1 Å². The lowest BCUT2D eigenvalue weighted by Crippen LogP contribution is -2.27. The average molecular weight is 641 g/mol. The summed E-state index contributed by atoms with van der Waals surface area (Å²) in [5, 5.41) is 14.7. The van der Waals surface area contributed by atoms with E-state index >= 15 is 0 Å². The molecule has 1 fully saturated rings. The molecule has 1 aliphatic rings. The largest absolute Gasteiger partial charge is 0.438 e. The third kappa shape index (κ3) is 6.38. The summed E-state index contributed by atoms with van der Waals surface area (Å²) in [6.07, 6.45) is 9.43. The van der Waals surface area contributed by atoms with Gasteiger partial charge in [-0.3, -0.25) is 4.79 Å². The quantitative estimate of drug-likeness (QED) is 0.206. The zero-order chi connectivity index (χ0) is 32.6. The summed E-state index contributed by atoms with van der Waals surface area (Å²) in [4.78, 5) is 18.2. The molecule has 4 heterocycles. The molecule has 0 spiro atoms. The van der Waals surface area contributed by atoms with E-state index in [1.54, 1.807) is 57.4 Å². The Hall–Kier alpha value is -4.25. The average Bonchev–Trinajstić information content (AvgIpc) is 3.50. The normalized spacial score (nSPS) is 14.5. The molecule has 3 aromatic heterocycles. The van der Waals surface area contributed by atoms with Crippen LogP contribution in [0, 0.1) is 12.8 Å². The molecule has 0 aliphatic carbocycles. The number of nitrogens with zero attached hydrogens (tertiary/aromatic N) is 3. The number of nitrogens with one attached hydrogen (secondary N) is 1. The first-order valence-electron chi connectivity index (χ1n) is 15.7. The summed E-state index contributed by atoms with van der Waals surface area (Å²) in [5.41, 5.74) is 2.28. The van der Waals surface area contributed by atoms with Gasteiger partial charge < -0.3 is 19.7 Å². The molecule has 0 amide bonds. The highest BCUT2D eigenvalue weighted by Gasteiger charge is 2.25. The summed E-state index contributed by atoms with van der Waals surface area (Å²) in [7, 11) is -2.48. The van der Waals surface area contributed by atoms with E-state index in [4.69, 9.17) is 4.74 Å². The van der Waals surface area contributed by atoms with Crippen LogP contribution in [0.4, 0.5) is 0 Å². The lowest BCUT2D eigenvalue weighted by molar-refractivity contribution is 0.0786. The van der Waals surface area contributed by atoms with E-state index in [1.807, 2.05) is 31.3 Å². The van der Waals surface area contributed by atoms with Gasteiger partial charge in [0.15, 0.2) is 0 Å². The second-order valence-electron chi connectivity index (χ2n) is 12.8. The molecule has 46 heavy (non-hydrogen) atoms. The van der Waals surface area contributed by atoms with Crippen molar-refractivity contribution >= 4 is 20.9 Å². The molecule has 10 heteroatoms. The van der Waals surface area contributed by atoms with Crippen LogP contribution in [0.15, 0.2) is 88.9 Å². The molecule has 1 aliphatic heterocycles. The van der Waals surface area contributed by atoms with Crippen molar-refractivity contribution in [3.63, 3.8) is 0 Å². The van der Waals surface area contributed by atoms with E-state index in [9.17, 15) is 18.3 Å². The number of rotatable bonds is 9. The van der Waals surface area contributed by atoms with E-state index in [0.717, 1.165) is 46.9 Å². The highest BCUT2D eigenvalue weighted by atomic mass is 32.2. The van der Waals surface area contributed by atoms with Crippen molar-refractivity contribution in [1.82, 2.24) is 18.8 Å². The summed E-state index contributed by atoms with van der Waals surface area (Å²) in [6, 6.07) is 17.4. The topological polar surface area (TPSA) is 115 Å². The smallest absolute Gasteiger partial charge is 0.275 e. The Labute approximate surface area is 269 Å². The van der Waals surface area contributed by atoms with Crippen molar-refractivity contribution in [2.75, 3.05) is 13.1 Å². The standard InChI is InChI=1S/C36H40N4O5S/c1-24-5-11-28(12-6-24)46(43,44)40-20-17-29-31(23-39(4)35(41)34(29)40)30-21-27(36(2,3)42)10-13-32(30)45-33-14-9-26(22-38-33)8-7-25-15-18-37-19-16-25/h5-6,9-14,17,20-23,25,37,42H,7-8,15-16,18-19H2,1-4H3. The summed E-state index contributed by atoms with van der Waals surface area (Å²) < 4.78 is 36.2. The van der Waals surface area contributed by atoms with Gasteiger partial charge in [0.1, 0.15) is 11.3 Å². The maximum absolute atomic E-state index is 13.7. The number of hydrogen-bond donors (Lipinski definition) is 2. The molecule has 2 aromatic carbocycles. The van der Waals surface area contributed by atoms with Gasteiger partial charge in [0.2, 0.25) is 5.88 Å². The molecule has 0 unspecified atom stereocenters. The van der Waals surface area contributed by atoms with Crippen LogP contribution in [0.5, 0.6) is 11.6 Å². The SMILES string of the molecule is Cc1ccc(S(=O)(=O)n2ccc3c(-c4cc(C(C)(C)O)ccc4Oc4ccc(CCC5CCNCC5)cn4)cn(C)c(=O)c32)cc1. The molecule has 1 saturated heterocycles. The highest BCUT2D eigenvalue weighted by Crippen LogP contribution is 2.39. The molecule has 0 atom stereocenters. The number of ether oxygens (including phenoxy) is 1. The van der Waals surface area contributed by atoms with Gasteiger partial charge in [0, 0.05) is 48.2 Å². The number of aliphatic hydroxyl groups is 1. The lowest BCUT2D eigenvalue weighted by atomic mass is 9.92. The number of aromatic nitrogens is 3. The predicted octanol–water partition coefficient (Wildman–Crippen LogP) is 5.90. The molecule has 0 radical (unpaired) electrons. The van der Waals surface area contributed by atoms with Gasteiger partial charge in [0.25, 0.3) is 15.6 Å². The Balaban J connectivity index is 1.40. The number of benzene rings is 2. The van der Waals surface area contributed by atoms with Gasteiger partial charge in [-0.05, 0) is 107 Å². The minimum Gasteiger partial charge on any atom is -0.438 e. The predicted molar refractivity (Wildman–Crippen MR) is 180 cm³/mol. The molecule has 240 valence electrons. The van der Waals surface area contributed by atoms with E-state index in [-0.39, 0.29) is 10.4 Å². The van der Waals surface area contributed by atoms with Crippen LogP contribution < -0.4 is 15.6 Å². The van der Waals surface area contributed by atoms with Gasteiger partial charge in [-0.15, -0.1) is 0 Å². The van der Waals surface area contributed by atoms with Crippen LogP contribution in [-0.4, -0.2) is 40.1 Å². The van der Waals surface area contributed by atoms with Crippen molar-refractivity contribution in [3.8, 4) is 22.8 Å². The van der Waals surface area contributed by atoms with Crippen molar-refractivity contribution in [2.45, 2.75) is 57.0 Å². The fourth-order valence-electron chi connectivity index (χ4n) is 6.05. The van der Waals surface area contributed by atoms with Crippen LogP contribution in [0.2, 0.25) is 0 Å². The Morgan fingerprint density at radius 2 is 1.76 bits per heavy atom. The highest BCUT2D eigenvalue weighted by molar-refractivity contribution is 7.90. The summed E-state index contributed by atoms with van der Waals surface area (Å²) in [5.74, 6) is 1.59. The molecular formula is C36H40N4O5S. The van der Waals surface area contributed by atoms with Gasteiger partial charge >= 0.3 is 0 Å². The van der Waals surface area contributed by atoms with Gasteiger partial charge in [-0.2, -0.15) is 0 Å². The summed E-state index contributed by atoms with van der Waals surface area (Å²) >= 11 is 0. The van der Waals surface area contributed by atoms with Crippen LogP contribution in [0.1, 0.15) is 49.8 Å². The third-order valence-electron chi connectivity index (χ3n) is 8.85. The zero-order valence-electron chi connectivity index (χ0n) is 26.7. The molecular weight excluding hydrogens is 600 g/mol. The van der Waals surface area contributed by atoms with Crippen LogP contribution in [0.3, 0.4) is 0 Å². The molecule has 6 rings (SSSR count). The van der Waals surface area contributed by atoms with Gasteiger partial charge in [-0.1, -0.05) is 29.8 Å². The molecule has 2 N–H and O–H groups in total. The Kier molecular flexibility index (Phi) is 8.62. The van der Waals surface area contributed by atoms with E-state index in [2.05, 4.69) is 10.3 Å². The second kappa shape index (κ2) is 12.5.